The van der Waals surface area contributed by atoms with Crippen LogP contribution in [-0.4, -0.2) is 16.9 Å². The fourth-order valence-corrected chi connectivity index (χ4v) is 1.28. The molecule has 5 N–H and O–H groups in total. The van der Waals surface area contributed by atoms with Crippen molar-refractivity contribution in [1.82, 2.24) is 4.98 Å². The lowest BCUT2D eigenvalue weighted by molar-refractivity contribution is -0.118. The van der Waals surface area contributed by atoms with E-state index in [1.807, 2.05) is 0 Å². The molecule has 1 aromatic heterocycles. The number of anilines is 2. The van der Waals surface area contributed by atoms with Gasteiger partial charge in [-0.2, -0.15) is 0 Å². The van der Waals surface area contributed by atoms with Crippen molar-refractivity contribution in [2.45, 2.75) is 13.0 Å². The highest BCUT2D eigenvalue weighted by molar-refractivity contribution is 7.19. The molecule has 0 radical (unpaired) electrons. The number of nitrogen functional groups attached to an aromatic ring is 1. The van der Waals surface area contributed by atoms with Gasteiger partial charge in [0.2, 0.25) is 5.91 Å². The van der Waals surface area contributed by atoms with Crippen LogP contribution in [0.2, 0.25) is 0 Å². The van der Waals surface area contributed by atoms with Crippen LogP contribution in [0.1, 0.15) is 6.92 Å². The van der Waals surface area contributed by atoms with Gasteiger partial charge in [0.15, 0.2) is 5.13 Å². The molecule has 0 spiro atoms. The van der Waals surface area contributed by atoms with Gasteiger partial charge in [0.25, 0.3) is 0 Å². The lowest BCUT2D eigenvalue weighted by Gasteiger charge is -2.06. The van der Waals surface area contributed by atoms with Crippen LogP contribution in [0.25, 0.3) is 0 Å². The van der Waals surface area contributed by atoms with Crippen LogP contribution < -0.4 is 16.8 Å². The van der Waals surface area contributed by atoms with E-state index in [4.69, 9.17) is 11.5 Å². The monoisotopic (exact) mass is 186 g/mol. The first-order valence-corrected chi connectivity index (χ1v) is 4.18. The number of thiazole rings is 1. The Morgan fingerprint density at radius 3 is 2.92 bits per heavy atom. The first-order chi connectivity index (χ1) is 5.59. The Labute approximate surface area is 73.8 Å². The molecule has 1 amide bonds. The van der Waals surface area contributed by atoms with Gasteiger partial charge >= 0.3 is 0 Å². The molecule has 0 bridgehead atoms. The minimum absolute atomic E-state index is 0.413. The van der Waals surface area contributed by atoms with E-state index in [0.29, 0.717) is 10.1 Å². The summed E-state index contributed by atoms with van der Waals surface area (Å²) in [6, 6.07) is -0.421. The first kappa shape index (κ1) is 8.79. The highest BCUT2D eigenvalue weighted by Gasteiger charge is 2.09. The summed E-state index contributed by atoms with van der Waals surface area (Å²) in [5.74, 6) is -0.413. The van der Waals surface area contributed by atoms with E-state index < -0.39 is 11.9 Å². The van der Waals surface area contributed by atoms with Crippen molar-refractivity contribution in [2.75, 3.05) is 11.1 Å². The molecule has 1 rings (SSSR count). The number of rotatable bonds is 3. The predicted molar refractivity (Wildman–Crippen MR) is 48.8 cm³/mol. The fourth-order valence-electron chi connectivity index (χ4n) is 0.610. The van der Waals surface area contributed by atoms with Gasteiger partial charge in [-0.15, -0.1) is 0 Å². The van der Waals surface area contributed by atoms with E-state index in [2.05, 4.69) is 10.3 Å². The number of primary amides is 1. The second kappa shape index (κ2) is 3.40. The van der Waals surface area contributed by atoms with Gasteiger partial charge in [0, 0.05) is 0 Å². The second-order valence-electron chi connectivity index (χ2n) is 2.34. The van der Waals surface area contributed by atoms with Crippen molar-refractivity contribution in [3.8, 4) is 0 Å². The van der Waals surface area contributed by atoms with Crippen molar-refractivity contribution >= 4 is 27.4 Å². The van der Waals surface area contributed by atoms with E-state index in [9.17, 15) is 4.79 Å². The molecule has 1 atom stereocenters. The average molecular weight is 186 g/mol. The highest BCUT2D eigenvalue weighted by Crippen LogP contribution is 2.19. The molecule has 5 nitrogen and oxygen atoms in total. The van der Waals surface area contributed by atoms with Gasteiger partial charge in [-0.25, -0.2) is 4.98 Å². The van der Waals surface area contributed by atoms with Gasteiger partial charge in [0.05, 0.1) is 6.20 Å². The van der Waals surface area contributed by atoms with Crippen LogP contribution in [0.4, 0.5) is 10.1 Å². The quantitative estimate of drug-likeness (QED) is 0.619. The summed E-state index contributed by atoms with van der Waals surface area (Å²) >= 11 is 1.28. The molecule has 12 heavy (non-hydrogen) atoms. The molecule has 0 fully saturated rings. The van der Waals surface area contributed by atoms with E-state index in [0.717, 1.165) is 0 Å². The van der Waals surface area contributed by atoms with Crippen molar-refractivity contribution in [1.29, 1.82) is 0 Å². The third-order valence-corrected chi connectivity index (χ3v) is 2.05. The number of hydrogen-bond donors (Lipinski definition) is 3. The van der Waals surface area contributed by atoms with E-state index >= 15 is 0 Å². The molecule has 0 saturated carbocycles. The summed E-state index contributed by atoms with van der Waals surface area (Å²) in [5.41, 5.74) is 10.5. The number of nitrogens with zero attached hydrogens (tertiary/aromatic N) is 1. The normalized spacial score (nSPS) is 12.4. The molecule has 1 aromatic rings. The molecule has 0 aliphatic heterocycles. The maximum absolute atomic E-state index is 10.6. The molecule has 6 heteroatoms. The Balaban J connectivity index is 2.58. The number of nitrogens with two attached hydrogens (primary N) is 2. The zero-order chi connectivity index (χ0) is 9.14. The van der Waals surface area contributed by atoms with Gasteiger partial charge < -0.3 is 16.8 Å². The van der Waals surface area contributed by atoms with Crippen LogP contribution in [-0.2, 0) is 4.79 Å². The van der Waals surface area contributed by atoms with Crippen molar-refractivity contribution in [2.24, 2.45) is 5.73 Å². The van der Waals surface area contributed by atoms with Crippen LogP contribution in [0.15, 0.2) is 6.20 Å². The maximum Gasteiger partial charge on any atom is 0.239 e. The van der Waals surface area contributed by atoms with E-state index in [1.54, 1.807) is 6.92 Å². The van der Waals surface area contributed by atoms with Crippen LogP contribution in [0.3, 0.4) is 0 Å². The Kier molecular flexibility index (Phi) is 2.49. The highest BCUT2D eigenvalue weighted by atomic mass is 32.1. The molecular weight excluding hydrogens is 176 g/mol. The third-order valence-electron chi connectivity index (χ3n) is 1.29. The third kappa shape index (κ3) is 2.09. The number of nitrogens with one attached hydrogen (secondary N) is 1. The largest absolute Gasteiger partial charge is 0.389 e. The Morgan fingerprint density at radius 2 is 2.50 bits per heavy atom. The molecule has 0 saturated heterocycles. The number of carbonyl (C=O) groups excluding carboxylic acids is 1. The Hall–Kier alpha value is -1.30. The number of hydrogen-bond acceptors (Lipinski definition) is 5. The Morgan fingerprint density at radius 1 is 1.83 bits per heavy atom. The minimum atomic E-state index is -0.421. The van der Waals surface area contributed by atoms with Crippen molar-refractivity contribution < 1.29 is 4.79 Å². The minimum Gasteiger partial charge on any atom is -0.389 e. The summed E-state index contributed by atoms with van der Waals surface area (Å²) in [5, 5.41) is 4.03. The molecular formula is C6H10N4OS. The van der Waals surface area contributed by atoms with Crippen LogP contribution in [0, 0.1) is 0 Å². The topological polar surface area (TPSA) is 94.0 Å². The van der Waals surface area contributed by atoms with E-state index in [1.165, 1.54) is 17.5 Å². The summed E-state index contributed by atoms with van der Waals surface area (Å²) in [7, 11) is 0. The predicted octanol–water partition coefficient (Wildman–Crippen LogP) is 0.0110. The summed E-state index contributed by atoms with van der Waals surface area (Å²) in [4.78, 5) is 14.5. The zero-order valence-corrected chi connectivity index (χ0v) is 7.39. The Bertz CT molecular complexity index is 285. The fraction of sp³-hybridized carbons (Fsp3) is 0.333. The molecule has 0 aliphatic carbocycles. The molecule has 1 heterocycles. The van der Waals surface area contributed by atoms with Crippen LogP contribution in [0.5, 0.6) is 0 Å². The number of aromatic nitrogens is 1. The number of carbonyl (C=O) groups is 1. The average Bonchev–Trinajstić information content (AvgIpc) is 2.35. The first-order valence-electron chi connectivity index (χ1n) is 3.36. The summed E-state index contributed by atoms with van der Waals surface area (Å²) in [6.45, 7) is 1.67. The van der Waals surface area contributed by atoms with Crippen molar-refractivity contribution in [3.05, 3.63) is 6.20 Å². The molecule has 0 aliphatic rings. The standard InChI is InChI=1S/C6H10N4OS/c1-3(5(8)11)10-6-9-2-4(7)12-6/h2-3H,7H2,1H3,(H2,8,11)(H,9,10). The molecule has 1 unspecified atom stereocenters. The lowest BCUT2D eigenvalue weighted by atomic mass is 10.3. The van der Waals surface area contributed by atoms with Gasteiger partial charge in [-0.05, 0) is 6.92 Å². The van der Waals surface area contributed by atoms with Gasteiger partial charge in [-0.3, -0.25) is 4.79 Å². The van der Waals surface area contributed by atoms with Gasteiger partial charge in [0.1, 0.15) is 11.0 Å². The van der Waals surface area contributed by atoms with Crippen molar-refractivity contribution in [3.63, 3.8) is 0 Å². The van der Waals surface area contributed by atoms with Gasteiger partial charge in [-0.1, -0.05) is 11.3 Å². The maximum atomic E-state index is 10.6. The lowest BCUT2D eigenvalue weighted by Crippen LogP contribution is -2.32. The SMILES string of the molecule is CC(Nc1ncc(N)s1)C(N)=O. The molecule has 0 aromatic carbocycles. The number of amides is 1. The molecule has 66 valence electrons. The summed E-state index contributed by atoms with van der Waals surface area (Å²) < 4.78 is 0. The van der Waals surface area contributed by atoms with E-state index in [-0.39, 0.29) is 0 Å². The summed E-state index contributed by atoms with van der Waals surface area (Å²) in [6.07, 6.45) is 1.53. The zero-order valence-electron chi connectivity index (χ0n) is 6.57. The second-order valence-corrected chi connectivity index (χ2v) is 3.40. The smallest absolute Gasteiger partial charge is 0.239 e. The van der Waals surface area contributed by atoms with Crippen LogP contribution >= 0.6 is 11.3 Å².